The molecule has 3 nitrogen and oxygen atoms in total. The molecule has 0 fully saturated rings. The lowest BCUT2D eigenvalue weighted by molar-refractivity contribution is 0.416. The molecular formula is C19H26N2O. The van der Waals surface area contributed by atoms with Gasteiger partial charge in [0.05, 0.1) is 7.11 Å². The highest BCUT2D eigenvalue weighted by atomic mass is 16.5. The van der Waals surface area contributed by atoms with Gasteiger partial charge in [-0.25, -0.2) is 0 Å². The smallest absolute Gasteiger partial charge is 0.126 e. The summed E-state index contributed by atoms with van der Waals surface area (Å²) in [5.41, 5.74) is 3.61. The first-order valence-corrected chi connectivity index (χ1v) is 7.93. The number of likely N-dealkylation sites (N-methyl/N-ethyl adjacent to an activating group) is 1. The average molecular weight is 298 g/mol. The molecule has 1 unspecified atom stereocenters. The molecule has 0 saturated carbocycles. The van der Waals surface area contributed by atoms with Crippen molar-refractivity contribution in [3.8, 4) is 16.9 Å². The first kappa shape index (κ1) is 16.5. The van der Waals surface area contributed by atoms with Gasteiger partial charge in [-0.15, -0.1) is 0 Å². The van der Waals surface area contributed by atoms with Crippen LogP contribution in [0.3, 0.4) is 0 Å². The van der Waals surface area contributed by atoms with E-state index in [0.29, 0.717) is 6.04 Å². The van der Waals surface area contributed by atoms with Crippen LogP contribution in [0.25, 0.3) is 11.1 Å². The second-order valence-electron chi connectivity index (χ2n) is 5.35. The summed E-state index contributed by atoms with van der Waals surface area (Å²) in [6, 6.07) is 17.2. The summed E-state index contributed by atoms with van der Waals surface area (Å²) in [6.45, 7) is 7.32. The minimum Gasteiger partial charge on any atom is -0.496 e. The zero-order valence-electron chi connectivity index (χ0n) is 13.7. The molecule has 118 valence electrons. The Morgan fingerprint density at radius 2 is 1.73 bits per heavy atom. The summed E-state index contributed by atoms with van der Waals surface area (Å²) in [5.74, 6) is 0.909. The molecule has 0 amide bonds. The van der Waals surface area contributed by atoms with Crippen molar-refractivity contribution in [2.75, 3.05) is 26.7 Å². The molecule has 0 spiro atoms. The molecule has 1 atom stereocenters. The SMILES string of the molecule is CCNCCNC(C)c1ccc(-c2ccccc2OC)cc1. The van der Waals surface area contributed by atoms with Gasteiger partial charge < -0.3 is 15.4 Å². The van der Waals surface area contributed by atoms with E-state index >= 15 is 0 Å². The van der Waals surface area contributed by atoms with Crippen LogP contribution in [0.2, 0.25) is 0 Å². The molecule has 0 saturated heterocycles. The number of rotatable bonds is 8. The average Bonchev–Trinajstić information content (AvgIpc) is 2.58. The number of ether oxygens (including phenoxy) is 1. The summed E-state index contributed by atoms with van der Waals surface area (Å²) < 4.78 is 5.43. The number of para-hydroxylation sites is 1. The van der Waals surface area contributed by atoms with Gasteiger partial charge in [0.1, 0.15) is 5.75 Å². The summed E-state index contributed by atoms with van der Waals surface area (Å²) in [5, 5.41) is 6.85. The van der Waals surface area contributed by atoms with Crippen LogP contribution < -0.4 is 15.4 Å². The van der Waals surface area contributed by atoms with Gasteiger partial charge in [0.25, 0.3) is 0 Å². The van der Waals surface area contributed by atoms with E-state index in [9.17, 15) is 0 Å². The highest BCUT2D eigenvalue weighted by molar-refractivity contribution is 5.70. The number of benzene rings is 2. The molecule has 2 N–H and O–H groups in total. The van der Waals surface area contributed by atoms with E-state index in [1.54, 1.807) is 7.11 Å². The quantitative estimate of drug-likeness (QED) is 0.730. The van der Waals surface area contributed by atoms with Crippen LogP contribution in [-0.4, -0.2) is 26.7 Å². The van der Waals surface area contributed by atoms with Gasteiger partial charge in [-0.2, -0.15) is 0 Å². The number of hydrogen-bond donors (Lipinski definition) is 2. The molecule has 0 aromatic heterocycles. The van der Waals surface area contributed by atoms with E-state index in [0.717, 1.165) is 30.9 Å². The van der Waals surface area contributed by atoms with Gasteiger partial charge >= 0.3 is 0 Å². The normalized spacial score (nSPS) is 12.1. The van der Waals surface area contributed by atoms with Crippen molar-refractivity contribution < 1.29 is 4.74 Å². The Morgan fingerprint density at radius 1 is 1.00 bits per heavy atom. The standard InChI is InChI=1S/C19H26N2O/c1-4-20-13-14-21-15(2)16-9-11-17(12-10-16)18-7-5-6-8-19(18)22-3/h5-12,15,20-21H,4,13-14H2,1-3H3. The zero-order valence-corrected chi connectivity index (χ0v) is 13.7. The first-order valence-electron chi connectivity index (χ1n) is 7.93. The monoisotopic (exact) mass is 298 g/mol. The second kappa shape index (κ2) is 8.57. The van der Waals surface area contributed by atoms with Crippen LogP contribution in [0.1, 0.15) is 25.5 Å². The second-order valence-corrected chi connectivity index (χ2v) is 5.35. The van der Waals surface area contributed by atoms with Crippen LogP contribution in [0.15, 0.2) is 48.5 Å². The zero-order chi connectivity index (χ0) is 15.8. The molecular weight excluding hydrogens is 272 g/mol. The third-order valence-electron chi connectivity index (χ3n) is 3.83. The predicted octanol–water partition coefficient (Wildman–Crippen LogP) is 3.62. The third-order valence-corrected chi connectivity index (χ3v) is 3.83. The van der Waals surface area contributed by atoms with Gasteiger partial charge in [-0.05, 0) is 30.7 Å². The Labute approximate surface area is 133 Å². The molecule has 2 aromatic carbocycles. The maximum atomic E-state index is 5.43. The maximum Gasteiger partial charge on any atom is 0.126 e. The topological polar surface area (TPSA) is 33.3 Å². The fourth-order valence-corrected chi connectivity index (χ4v) is 2.51. The Hall–Kier alpha value is -1.84. The van der Waals surface area contributed by atoms with Gasteiger partial charge in [0.2, 0.25) is 0 Å². The minimum absolute atomic E-state index is 0.352. The van der Waals surface area contributed by atoms with Crippen LogP contribution in [0.5, 0.6) is 5.75 Å². The van der Waals surface area contributed by atoms with Crippen molar-refractivity contribution in [1.82, 2.24) is 10.6 Å². The van der Waals surface area contributed by atoms with E-state index < -0.39 is 0 Å². The fraction of sp³-hybridized carbons (Fsp3) is 0.368. The minimum atomic E-state index is 0.352. The largest absolute Gasteiger partial charge is 0.496 e. The fourth-order valence-electron chi connectivity index (χ4n) is 2.51. The summed E-state index contributed by atoms with van der Waals surface area (Å²) >= 11 is 0. The molecule has 2 aromatic rings. The van der Waals surface area contributed by atoms with Crippen LogP contribution >= 0.6 is 0 Å². The van der Waals surface area contributed by atoms with E-state index in [-0.39, 0.29) is 0 Å². The van der Waals surface area contributed by atoms with Crippen LogP contribution in [0.4, 0.5) is 0 Å². The lowest BCUT2D eigenvalue weighted by atomic mass is 10.0. The van der Waals surface area contributed by atoms with Crippen molar-refractivity contribution in [2.24, 2.45) is 0 Å². The van der Waals surface area contributed by atoms with E-state index in [4.69, 9.17) is 4.74 Å². The van der Waals surface area contributed by atoms with Crippen molar-refractivity contribution in [2.45, 2.75) is 19.9 Å². The summed E-state index contributed by atoms with van der Waals surface area (Å²) in [4.78, 5) is 0. The van der Waals surface area contributed by atoms with Crippen LogP contribution in [0, 0.1) is 0 Å². The van der Waals surface area contributed by atoms with E-state index in [1.165, 1.54) is 11.1 Å². The van der Waals surface area contributed by atoms with Gasteiger partial charge in [0.15, 0.2) is 0 Å². The Balaban J connectivity index is 2.03. The van der Waals surface area contributed by atoms with E-state index in [1.807, 2.05) is 18.2 Å². The Morgan fingerprint density at radius 3 is 2.41 bits per heavy atom. The van der Waals surface area contributed by atoms with Gasteiger partial charge in [-0.3, -0.25) is 0 Å². The molecule has 3 heteroatoms. The molecule has 0 heterocycles. The molecule has 0 bridgehead atoms. The molecule has 0 aliphatic heterocycles. The Kier molecular flexibility index (Phi) is 6.44. The number of nitrogens with one attached hydrogen (secondary N) is 2. The van der Waals surface area contributed by atoms with E-state index in [2.05, 4.69) is 54.8 Å². The molecule has 2 rings (SSSR count). The molecule has 0 aliphatic rings. The molecule has 22 heavy (non-hydrogen) atoms. The summed E-state index contributed by atoms with van der Waals surface area (Å²) in [6.07, 6.45) is 0. The summed E-state index contributed by atoms with van der Waals surface area (Å²) in [7, 11) is 1.71. The van der Waals surface area contributed by atoms with Gasteiger partial charge in [0, 0.05) is 24.7 Å². The van der Waals surface area contributed by atoms with Crippen molar-refractivity contribution in [3.05, 3.63) is 54.1 Å². The highest BCUT2D eigenvalue weighted by Crippen LogP contribution is 2.30. The lowest BCUT2D eigenvalue weighted by Gasteiger charge is -2.15. The van der Waals surface area contributed by atoms with Gasteiger partial charge in [-0.1, -0.05) is 49.4 Å². The molecule has 0 radical (unpaired) electrons. The van der Waals surface area contributed by atoms with Crippen LogP contribution in [-0.2, 0) is 0 Å². The predicted molar refractivity (Wildman–Crippen MR) is 93.4 cm³/mol. The highest BCUT2D eigenvalue weighted by Gasteiger charge is 2.07. The maximum absolute atomic E-state index is 5.43. The van der Waals surface area contributed by atoms with Crippen molar-refractivity contribution in [1.29, 1.82) is 0 Å². The first-order chi connectivity index (χ1) is 10.8. The lowest BCUT2D eigenvalue weighted by Crippen LogP contribution is -2.29. The van der Waals surface area contributed by atoms with Crippen molar-refractivity contribution >= 4 is 0 Å². The molecule has 0 aliphatic carbocycles. The van der Waals surface area contributed by atoms with Crippen molar-refractivity contribution in [3.63, 3.8) is 0 Å². The Bertz CT molecular complexity index is 566. The third kappa shape index (κ3) is 4.33. The number of methoxy groups -OCH3 is 1. The number of hydrogen-bond acceptors (Lipinski definition) is 3.